The van der Waals surface area contributed by atoms with E-state index in [9.17, 15) is 22.1 Å². The van der Waals surface area contributed by atoms with E-state index in [1.807, 2.05) is 6.07 Å². The lowest BCUT2D eigenvalue weighted by Gasteiger charge is -2.33. The van der Waals surface area contributed by atoms with Crippen LogP contribution in [-0.2, 0) is 20.0 Å². The number of nitrogens with zero attached hydrogens (tertiary/aromatic N) is 2. The van der Waals surface area contributed by atoms with E-state index in [0.717, 1.165) is 6.42 Å². The minimum absolute atomic E-state index is 0.114. The van der Waals surface area contributed by atoms with Crippen LogP contribution in [0.4, 0.5) is 0 Å². The molecule has 35 heavy (non-hydrogen) atoms. The molecule has 0 heterocycles. The molecule has 1 saturated carbocycles. The van der Waals surface area contributed by atoms with Crippen molar-refractivity contribution < 1.29 is 16.8 Å². The number of nitriles is 1. The highest BCUT2D eigenvalue weighted by Crippen LogP contribution is 2.36. The van der Waals surface area contributed by atoms with Gasteiger partial charge in [0.2, 0.25) is 0 Å². The second kappa shape index (κ2) is 10.4. The zero-order valence-electron chi connectivity index (χ0n) is 18.9. The molecule has 1 aliphatic carbocycles. The van der Waals surface area contributed by atoms with Gasteiger partial charge in [0.05, 0.1) is 15.8 Å². The summed E-state index contributed by atoms with van der Waals surface area (Å²) in [5.41, 5.74) is 4.46. The van der Waals surface area contributed by atoms with Crippen LogP contribution in [0.2, 0.25) is 0 Å². The van der Waals surface area contributed by atoms with E-state index in [-0.39, 0.29) is 15.4 Å². The Kier molecular flexibility index (Phi) is 7.34. The first-order valence-corrected chi connectivity index (χ1v) is 14.1. The average molecular weight is 505 g/mol. The van der Waals surface area contributed by atoms with Crippen molar-refractivity contribution in [2.24, 2.45) is 0 Å². The number of hydrogen-bond acceptors (Lipinski definition) is 5. The van der Waals surface area contributed by atoms with E-state index < -0.39 is 26.1 Å². The van der Waals surface area contributed by atoms with Crippen molar-refractivity contribution in [1.82, 2.24) is 3.71 Å². The molecule has 0 aliphatic heterocycles. The maximum absolute atomic E-state index is 13.9. The predicted molar refractivity (Wildman–Crippen MR) is 134 cm³/mol. The third-order valence-electron chi connectivity index (χ3n) is 5.85. The van der Waals surface area contributed by atoms with E-state index >= 15 is 0 Å². The maximum atomic E-state index is 13.9. The van der Waals surface area contributed by atoms with Gasteiger partial charge in [-0.25, -0.2) is 16.8 Å². The Bertz CT molecular complexity index is 1430. The maximum Gasteiger partial charge on any atom is 0.256 e. The summed E-state index contributed by atoms with van der Waals surface area (Å²) in [7, 11) is -8.91. The molecule has 3 aromatic rings. The van der Waals surface area contributed by atoms with Gasteiger partial charge in [0.25, 0.3) is 20.0 Å². The number of sulfonamides is 2. The molecule has 0 radical (unpaired) electrons. The average Bonchev–Trinajstić information content (AvgIpc) is 2.89. The molecule has 178 valence electrons. The quantitative estimate of drug-likeness (QED) is 0.342. The zero-order valence-corrected chi connectivity index (χ0v) is 20.5. The Labute approximate surface area is 206 Å². The monoisotopic (exact) mass is 504 g/mol. The van der Waals surface area contributed by atoms with Crippen LogP contribution in [0.25, 0.3) is 5.57 Å². The van der Waals surface area contributed by atoms with E-state index in [1.165, 1.54) is 24.3 Å². The van der Waals surface area contributed by atoms with Gasteiger partial charge in [-0.2, -0.15) is 5.26 Å². The number of hydrogen-bond donors (Lipinski definition) is 0. The summed E-state index contributed by atoms with van der Waals surface area (Å²) < 4.78 is 56.1. The molecule has 1 fully saturated rings. The van der Waals surface area contributed by atoms with Crippen LogP contribution in [0, 0.1) is 11.3 Å². The van der Waals surface area contributed by atoms with Crippen LogP contribution in [0.5, 0.6) is 0 Å². The van der Waals surface area contributed by atoms with Crippen LogP contribution in [0.15, 0.2) is 112 Å². The fourth-order valence-electron chi connectivity index (χ4n) is 4.16. The molecule has 0 unspecified atom stereocenters. The molecule has 0 amide bonds. The Hall–Kier alpha value is -3.47. The Morgan fingerprint density at radius 3 is 1.71 bits per heavy atom. The third kappa shape index (κ3) is 5.14. The zero-order chi connectivity index (χ0) is 24.9. The first-order chi connectivity index (χ1) is 16.9. The van der Waals surface area contributed by atoms with Crippen LogP contribution < -0.4 is 0 Å². The van der Waals surface area contributed by atoms with Gasteiger partial charge in [-0.3, -0.25) is 0 Å². The van der Waals surface area contributed by atoms with Crippen molar-refractivity contribution in [2.75, 3.05) is 0 Å². The van der Waals surface area contributed by atoms with Gasteiger partial charge in [-0.05, 0) is 49.1 Å². The Morgan fingerprint density at radius 2 is 1.23 bits per heavy atom. The fourth-order valence-corrected chi connectivity index (χ4v) is 8.26. The Morgan fingerprint density at radius 1 is 0.743 bits per heavy atom. The molecule has 0 bridgehead atoms. The minimum atomic E-state index is -4.45. The lowest BCUT2D eigenvalue weighted by molar-refractivity contribution is 0.393. The van der Waals surface area contributed by atoms with Crippen molar-refractivity contribution >= 4 is 25.6 Å². The molecule has 3 aromatic carbocycles. The van der Waals surface area contributed by atoms with E-state index in [1.54, 1.807) is 60.7 Å². The highest BCUT2D eigenvalue weighted by molar-refractivity contribution is 8.04. The van der Waals surface area contributed by atoms with Crippen LogP contribution in [-0.4, -0.2) is 26.6 Å². The summed E-state index contributed by atoms with van der Waals surface area (Å²) in [4.78, 5) is -0.228. The third-order valence-corrected chi connectivity index (χ3v) is 10.2. The summed E-state index contributed by atoms with van der Waals surface area (Å²) in [5.74, 6) is 0. The lowest BCUT2D eigenvalue weighted by atomic mass is 9.90. The first-order valence-electron chi connectivity index (χ1n) is 11.2. The molecule has 0 saturated heterocycles. The summed E-state index contributed by atoms with van der Waals surface area (Å²) in [6, 6.07) is 25.2. The second-order valence-corrected chi connectivity index (χ2v) is 12.0. The number of rotatable bonds is 6. The summed E-state index contributed by atoms with van der Waals surface area (Å²) >= 11 is 0. The Balaban J connectivity index is 1.96. The molecule has 0 aromatic heterocycles. The van der Waals surface area contributed by atoms with E-state index in [2.05, 4.69) is 11.8 Å². The molecule has 4 rings (SSSR count). The van der Waals surface area contributed by atoms with Gasteiger partial charge in [0, 0.05) is 5.56 Å². The fraction of sp³-hybridized carbons (Fsp3) is 0.185. The first kappa shape index (κ1) is 24.6. The van der Waals surface area contributed by atoms with Gasteiger partial charge in [-0.1, -0.05) is 76.9 Å². The molecular weight excluding hydrogens is 480 g/mol. The summed E-state index contributed by atoms with van der Waals surface area (Å²) in [6.07, 6.45) is 2.13. The molecule has 8 heteroatoms. The molecule has 1 aliphatic rings. The normalized spacial score (nSPS) is 16.3. The van der Waals surface area contributed by atoms with Gasteiger partial charge in [-0.15, -0.1) is 5.73 Å². The lowest BCUT2D eigenvalue weighted by Crippen LogP contribution is -2.46. The minimum Gasteiger partial charge on any atom is -0.206 e. The molecule has 0 N–H and O–H groups in total. The standard InChI is InChI=1S/C27H24N2O4S2/c28-21-24(22-12-4-1-5-13-22)20-23-14-10-11-19-27(23)29(34(30,31)25-15-6-2-7-16-25)35(32,33)26-17-8-3-9-18-26/h1-9,12-13,15-18,27H,10-11,14,19H2/t20?,27-/m1/s1. The summed E-state index contributed by atoms with van der Waals surface area (Å²) in [5, 5.41) is 9.80. The second-order valence-electron chi connectivity index (χ2n) is 8.13. The van der Waals surface area contributed by atoms with Gasteiger partial charge in [0.15, 0.2) is 0 Å². The van der Waals surface area contributed by atoms with Gasteiger partial charge < -0.3 is 0 Å². The van der Waals surface area contributed by atoms with E-state index in [0.29, 0.717) is 34.1 Å². The predicted octanol–water partition coefficient (Wildman–Crippen LogP) is 5.14. The number of benzene rings is 3. The molecule has 6 nitrogen and oxygen atoms in total. The van der Waals surface area contributed by atoms with Crippen LogP contribution >= 0.6 is 0 Å². The van der Waals surface area contributed by atoms with Crippen molar-refractivity contribution in [3.05, 3.63) is 108 Å². The van der Waals surface area contributed by atoms with Crippen LogP contribution in [0.1, 0.15) is 31.2 Å². The highest BCUT2D eigenvalue weighted by Gasteiger charge is 2.44. The van der Waals surface area contributed by atoms with E-state index in [4.69, 9.17) is 0 Å². The van der Waals surface area contributed by atoms with Gasteiger partial charge in [0.1, 0.15) is 11.6 Å². The largest absolute Gasteiger partial charge is 0.256 e. The molecule has 1 atom stereocenters. The molecular formula is C27H24N2O4S2. The topological polar surface area (TPSA) is 95.3 Å². The van der Waals surface area contributed by atoms with Crippen molar-refractivity contribution in [3.63, 3.8) is 0 Å². The van der Waals surface area contributed by atoms with Gasteiger partial charge >= 0.3 is 0 Å². The molecule has 0 spiro atoms. The van der Waals surface area contributed by atoms with Crippen molar-refractivity contribution in [2.45, 2.75) is 41.5 Å². The van der Waals surface area contributed by atoms with Crippen molar-refractivity contribution in [3.8, 4) is 6.07 Å². The SMILES string of the molecule is N#CC(=C=C1CCCC[C@H]1N(S(=O)(=O)c1ccccc1)S(=O)(=O)c1ccccc1)c1ccccc1. The van der Waals surface area contributed by atoms with Crippen molar-refractivity contribution in [1.29, 1.82) is 5.26 Å². The highest BCUT2D eigenvalue weighted by atomic mass is 32.3. The smallest absolute Gasteiger partial charge is 0.206 e. The summed E-state index contributed by atoms with van der Waals surface area (Å²) in [6.45, 7) is 0. The van der Waals surface area contributed by atoms with Crippen LogP contribution in [0.3, 0.4) is 0 Å².